The molecule has 1 aromatic heterocycles. The summed E-state index contributed by atoms with van der Waals surface area (Å²) in [4.78, 5) is 27.3. The molecule has 0 aliphatic rings. The molecular formula is C18H13F2N3O3S. The van der Waals surface area contributed by atoms with Crippen LogP contribution in [0.25, 0.3) is 0 Å². The summed E-state index contributed by atoms with van der Waals surface area (Å²) in [5.41, 5.74) is 6.03. The van der Waals surface area contributed by atoms with Crippen molar-refractivity contribution >= 4 is 39.7 Å². The summed E-state index contributed by atoms with van der Waals surface area (Å²) < 4.78 is 28.1. The Hall–Kier alpha value is -3.33. The van der Waals surface area contributed by atoms with Crippen molar-refractivity contribution in [2.24, 2.45) is 0 Å². The second-order valence-corrected chi connectivity index (χ2v) is 6.67. The van der Waals surface area contributed by atoms with Gasteiger partial charge in [0.05, 0.1) is 11.1 Å². The number of carboxylic acids is 1. The van der Waals surface area contributed by atoms with E-state index in [0.717, 1.165) is 23.5 Å². The molecule has 0 aliphatic heterocycles. The van der Waals surface area contributed by atoms with Gasteiger partial charge in [0, 0.05) is 5.69 Å². The van der Waals surface area contributed by atoms with Gasteiger partial charge < -0.3 is 16.2 Å². The minimum Gasteiger partial charge on any atom is -0.478 e. The Morgan fingerprint density at radius 3 is 2.30 bits per heavy atom. The Morgan fingerprint density at radius 2 is 1.74 bits per heavy atom. The summed E-state index contributed by atoms with van der Waals surface area (Å²) in [5, 5.41) is 12.0. The van der Waals surface area contributed by atoms with E-state index in [1.165, 1.54) is 31.2 Å². The molecule has 27 heavy (non-hydrogen) atoms. The second-order valence-electron chi connectivity index (χ2n) is 5.67. The number of benzene rings is 2. The number of hydrogen-bond acceptors (Lipinski definition) is 6. The van der Waals surface area contributed by atoms with Gasteiger partial charge in [-0.2, -0.15) is 0 Å². The van der Waals surface area contributed by atoms with Crippen LogP contribution in [0.4, 0.5) is 25.4 Å². The third-order valence-electron chi connectivity index (χ3n) is 3.66. The zero-order valence-corrected chi connectivity index (χ0v) is 14.7. The minimum atomic E-state index is -1.06. The highest BCUT2D eigenvalue weighted by Crippen LogP contribution is 2.31. The first kappa shape index (κ1) is 18.5. The molecule has 0 amide bonds. The molecule has 0 atom stereocenters. The van der Waals surface area contributed by atoms with E-state index in [9.17, 15) is 18.4 Å². The number of hydrogen-bond donors (Lipinski definition) is 3. The van der Waals surface area contributed by atoms with Crippen molar-refractivity contribution in [1.29, 1.82) is 0 Å². The maximum absolute atomic E-state index is 14.1. The largest absolute Gasteiger partial charge is 0.478 e. The fourth-order valence-electron chi connectivity index (χ4n) is 2.40. The number of anilines is 3. The first-order valence-corrected chi connectivity index (χ1v) is 8.45. The van der Waals surface area contributed by atoms with Gasteiger partial charge in [-0.15, -0.1) is 0 Å². The van der Waals surface area contributed by atoms with Crippen molar-refractivity contribution in [1.82, 2.24) is 4.98 Å². The summed E-state index contributed by atoms with van der Waals surface area (Å²) in [6, 6.07) is 7.95. The minimum absolute atomic E-state index is 0.0960. The lowest BCUT2D eigenvalue weighted by atomic mass is 10.1. The molecule has 0 saturated heterocycles. The monoisotopic (exact) mass is 389 g/mol. The molecule has 0 bridgehead atoms. The van der Waals surface area contributed by atoms with Gasteiger partial charge >= 0.3 is 5.97 Å². The van der Waals surface area contributed by atoms with Crippen LogP contribution in [0.15, 0.2) is 36.4 Å². The number of aromatic nitrogens is 1. The van der Waals surface area contributed by atoms with Gasteiger partial charge in [0.15, 0.2) is 5.13 Å². The van der Waals surface area contributed by atoms with E-state index in [1.54, 1.807) is 0 Å². The summed E-state index contributed by atoms with van der Waals surface area (Å²) >= 11 is 0.843. The van der Waals surface area contributed by atoms with Crippen LogP contribution in [-0.2, 0) is 0 Å². The molecule has 9 heteroatoms. The van der Waals surface area contributed by atoms with Crippen LogP contribution in [-0.4, -0.2) is 21.8 Å². The summed E-state index contributed by atoms with van der Waals surface area (Å²) in [7, 11) is 0. The highest BCUT2D eigenvalue weighted by molar-refractivity contribution is 7.18. The standard InChI is InChI=1S/C18H13F2N3O3S/c1-8-6-11(19)13(12(20)7-8)14(24)15-16(21)23-18(27-15)22-10-4-2-9(3-5-10)17(25)26/h2-7H,21H2,1H3,(H,22,23)(H,25,26). The maximum atomic E-state index is 14.1. The molecular weight excluding hydrogens is 376 g/mol. The number of thiazole rings is 1. The van der Waals surface area contributed by atoms with E-state index in [0.29, 0.717) is 11.3 Å². The Balaban J connectivity index is 1.88. The van der Waals surface area contributed by atoms with Gasteiger partial charge in [-0.3, -0.25) is 4.79 Å². The number of nitrogen functional groups attached to an aromatic ring is 1. The van der Waals surface area contributed by atoms with Crippen LogP contribution in [0.3, 0.4) is 0 Å². The molecule has 0 spiro atoms. The van der Waals surface area contributed by atoms with Gasteiger partial charge in [0.2, 0.25) is 5.78 Å². The van der Waals surface area contributed by atoms with E-state index >= 15 is 0 Å². The average Bonchev–Trinajstić information content (AvgIpc) is 2.94. The molecule has 0 saturated carbocycles. The number of carbonyl (C=O) groups is 2. The van der Waals surface area contributed by atoms with Crippen molar-refractivity contribution in [2.75, 3.05) is 11.1 Å². The SMILES string of the molecule is Cc1cc(F)c(C(=O)c2sc(Nc3ccc(C(=O)O)cc3)nc2N)c(F)c1. The van der Waals surface area contributed by atoms with E-state index in [2.05, 4.69) is 10.3 Å². The zero-order chi connectivity index (χ0) is 19.7. The maximum Gasteiger partial charge on any atom is 0.335 e. The molecule has 138 valence electrons. The third-order valence-corrected chi connectivity index (χ3v) is 4.64. The number of nitrogens with two attached hydrogens (primary N) is 1. The molecule has 0 unspecified atom stereocenters. The van der Waals surface area contributed by atoms with Crippen molar-refractivity contribution < 1.29 is 23.5 Å². The van der Waals surface area contributed by atoms with E-state index in [1.807, 2.05) is 0 Å². The molecule has 2 aromatic carbocycles. The molecule has 0 radical (unpaired) electrons. The van der Waals surface area contributed by atoms with Gasteiger partial charge in [-0.1, -0.05) is 11.3 Å². The number of nitrogens with one attached hydrogen (secondary N) is 1. The van der Waals surface area contributed by atoms with Crippen molar-refractivity contribution in [2.45, 2.75) is 6.92 Å². The number of halogens is 2. The van der Waals surface area contributed by atoms with Crippen LogP contribution in [0, 0.1) is 18.6 Å². The lowest BCUT2D eigenvalue weighted by molar-refractivity contribution is 0.0696. The normalized spacial score (nSPS) is 10.6. The smallest absolute Gasteiger partial charge is 0.335 e. The van der Waals surface area contributed by atoms with E-state index in [4.69, 9.17) is 10.8 Å². The van der Waals surface area contributed by atoms with E-state index < -0.39 is 29.0 Å². The predicted molar refractivity (Wildman–Crippen MR) is 97.7 cm³/mol. The molecule has 6 nitrogen and oxygen atoms in total. The van der Waals surface area contributed by atoms with Crippen LogP contribution in [0.1, 0.15) is 31.2 Å². The Bertz CT molecular complexity index is 1030. The van der Waals surface area contributed by atoms with Gasteiger partial charge in [0.25, 0.3) is 0 Å². The molecule has 4 N–H and O–H groups in total. The topological polar surface area (TPSA) is 105 Å². The average molecular weight is 389 g/mol. The number of ketones is 1. The second kappa shape index (κ2) is 7.12. The molecule has 3 aromatic rings. The van der Waals surface area contributed by atoms with Crippen LogP contribution < -0.4 is 11.1 Å². The number of aromatic carboxylic acids is 1. The number of carbonyl (C=O) groups excluding carboxylic acids is 1. The fraction of sp³-hybridized carbons (Fsp3) is 0.0556. The number of aryl methyl sites for hydroxylation is 1. The van der Waals surface area contributed by atoms with Crippen LogP contribution >= 0.6 is 11.3 Å². The Kier molecular flexibility index (Phi) is 4.87. The third kappa shape index (κ3) is 3.77. The lowest BCUT2D eigenvalue weighted by Gasteiger charge is -2.04. The predicted octanol–water partition coefficient (Wildman–Crippen LogP) is 3.98. The summed E-state index contributed by atoms with van der Waals surface area (Å²) in [5.74, 6) is -4.05. The number of carboxylic acid groups (broad SMARTS) is 1. The van der Waals surface area contributed by atoms with Gasteiger partial charge in [0.1, 0.15) is 22.3 Å². The number of rotatable bonds is 5. The quantitative estimate of drug-likeness (QED) is 0.570. The molecule has 3 rings (SSSR count). The molecule has 1 heterocycles. The highest BCUT2D eigenvalue weighted by atomic mass is 32.1. The van der Waals surface area contributed by atoms with Crippen LogP contribution in [0.5, 0.6) is 0 Å². The lowest BCUT2D eigenvalue weighted by Crippen LogP contribution is -2.08. The van der Waals surface area contributed by atoms with Crippen LogP contribution in [0.2, 0.25) is 0 Å². The number of nitrogens with zero attached hydrogens (tertiary/aromatic N) is 1. The van der Waals surface area contributed by atoms with Crippen molar-refractivity contribution in [3.8, 4) is 0 Å². The van der Waals surface area contributed by atoms with E-state index in [-0.39, 0.29) is 21.4 Å². The van der Waals surface area contributed by atoms with Gasteiger partial charge in [-0.05, 0) is 48.9 Å². The Morgan fingerprint density at radius 1 is 1.15 bits per heavy atom. The van der Waals surface area contributed by atoms with Crippen molar-refractivity contribution in [3.05, 3.63) is 69.6 Å². The fourth-order valence-corrected chi connectivity index (χ4v) is 3.25. The first-order valence-electron chi connectivity index (χ1n) is 7.63. The van der Waals surface area contributed by atoms with Gasteiger partial charge in [-0.25, -0.2) is 18.6 Å². The molecule has 0 fully saturated rings. The summed E-state index contributed by atoms with van der Waals surface area (Å²) in [6.07, 6.45) is 0. The Labute approximate surface area is 156 Å². The summed E-state index contributed by atoms with van der Waals surface area (Å²) in [6.45, 7) is 1.51. The molecule has 0 aliphatic carbocycles. The zero-order valence-electron chi connectivity index (χ0n) is 13.9. The first-order chi connectivity index (χ1) is 12.8. The van der Waals surface area contributed by atoms with Crippen molar-refractivity contribution in [3.63, 3.8) is 0 Å². The highest BCUT2D eigenvalue weighted by Gasteiger charge is 2.24.